The van der Waals surface area contributed by atoms with Crippen molar-refractivity contribution in [2.24, 2.45) is 13.0 Å². The second kappa shape index (κ2) is 6.52. The minimum atomic E-state index is 0.760. The van der Waals surface area contributed by atoms with E-state index in [4.69, 9.17) is 5.73 Å². The van der Waals surface area contributed by atoms with Crippen molar-refractivity contribution in [1.29, 1.82) is 0 Å². The van der Waals surface area contributed by atoms with Crippen LogP contribution in [0.15, 0.2) is 0 Å². The van der Waals surface area contributed by atoms with Gasteiger partial charge < -0.3 is 11.1 Å². The Balaban J connectivity index is 2.52. The fourth-order valence-corrected chi connectivity index (χ4v) is 1.94. The van der Waals surface area contributed by atoms with Gasteiger partial charge in [-0.2, -0.15) is 5.10 Å². The molecule has 0 radical (unpaired) electrons. The number of aryl methyl sites for hydroxylation is 2. The molecule has 0 aliphatic rings. The lowest BCUT2D eigenvalue weighted by Crippen LogP contribution is -2.08. The molecule has 0 fully saturated rings. The standard InChI is InChI=1S/C13H26N4/c1-5-7-11-12(14)13(17(4)16-11)15-9-6-8-10(2)3/h10,15H,5-9,14H2,1-4H3. The number of nitrogens with zero attached hydrogens (tertiary/aromatic N) is 2. The lowest BCUT2D eigenvalue weighted by Gasteiger charge is -2.08. The molecule has 0 spiro atoms. The Hall–Kier alpha value is -1.19. The minimum Gasteiger partial charge on any atom is -0.394 e. The molecule has 0 saturated heterocycles. The summed E-state index contributed by atoms with van der Waals surface area (Å²) in [5.74, 6) is 1.73. The summed E-state index contributed by atoms with van der Waals surface area (Å²) < 4.78 is 1.86. The molecule has 0 saturated carbocycles. The van der Waals surface area contributed by atoms with Crippen LogP contribution >= 0.6 is 0 Å². The first-order valence-corrected chi connectivity index (χ1v) is 6.61. The van der Waals surface area contributed by atoms with Crippen molar-refractivity contribution in [3.63, 3.8) is 0 Å². The molecule has 4 heteroatoms. The van der Waals surface area contributed by atoms with Crippen molar-refractivity contribution in [3.8, 4) is 0 Å². The van der Waals surface area contributed by atoms with E-state index in [1.807, 2.05) is 11.7 Å². The van der Waals surface area contributed by atoms with Gasteiger partial charge in [0.15, 0.2) is 0 Å². The predicted octanol–water partition coefficient (Wildman–Crippen LogP) is 2.80. The molecule has 0 aliphatic carbocycles. The first-order valence-electron chi connectivity index (χ1n) is 6.61. The summed E-state index contributed by atoms with van der Waals surface area (Å²) in [5, 5.41) is 7.83. The van der Waals surface area contributed by atoms with E-state index in [0.29, 0.717) is 0 Å². The first kappa shape index (κ1) is 13.9. The molecule has 0 atom stereocenters. The molecule has 1 aromatic rings. The predicted molar refractivity (Wildman–Crippen MR) is 74.2 cm³/mol. The van der Waals surface area contributed by atoms with Gasteiger partial charge in [0.05, 0.1) is 11.4 Å². The Labute approximate surface area is 105 Å². The molecule has 0 amide bonds. The van der Waals surface area contributed by atoms with E-state index in [9.17, 15) is 0 Å². The molecule has 3 N–H and O–H groups in total. The summed E-state index contributed by atoms with van der Waals surface area (Å²) in [5.41, 5.74) is 7.92. The number of anilines is 2. The van der Waals surface area contributed by atoms with E-state index in [1.54, 1.807) is 0 Å². The highest BCUT2D eigenvalue weighted by Gasteiger charge is 2.11. The van der Waals surface area contributed by atoms with Crippen molar-refractivity contribution in [3.05, 3.63) is 5.69 Å². The molecular weight excluding hydrogens is 212 g/mol. The van der Waals surface area contributed by atoms with Crippen molar-refractivity contribution >= 4 is 11.5 Å². The van der Waals surface area contributed by atoms with E-state index in [0.717, 1.165) is 42.5 Å². The molecular formula is C13H26N4. The molecule has 0 bridgehead atoms. The van der Waals surface area contributed by atoms with Crippen LogP contribution in [-0.2, 0) is 13.5 Å². The van der Waals surface area contributed by atoms with E-state index in [-0.39, 0.29) is 0 Å². The summed E-state index contributed by atoms with van der Waals surface area (Å²) >= 11 is 0. The van der Waals surface area contributed by atoms with Crippen LogP contribution in [0.3, 0.4) is 0 Å². The Morgan fingerprint density at radius 3 is 2.71 bits per heavy atom. The number of aromatic nitrogens is 2. The van der Waals surface area contributed by atoms with E-state index >= 15 is 0 Å². The monoisotopic (exact) mass is 238 g/mol. The summed E-state index contributed by atoms with van der Waals surface area (Å²) in [7, 11) is 1.94. The van der Waals surface area contributed by atoms with Gasteiger partial charge in [0.25, 0.3) is 0 Å². The van der Waals surface area contributed by atoms with Crippen LogP contribution < -0.4 is 11.1 Å². The normalized spacial score (nSPS) is 11.1. The van der Waals surface area contributed by atoms with Gasteiger partial charge in [-0.1, -0.05) is 27.2 Å². The summed E-state index contributed by atoms with van der Waals surface area (Å²) in [6, 6.07) is 0. The number of hydrogen-bond acceptors (Lipinski definition) is 3. The average molecular weight is 238 g/mol. The highest BCUT2D eigenvalue weighted by atomic mass is 15.3. The van der Waals surface area contributed by atoms with Crippen LogP contribution in [0.2, 0.25) is 0 Å². The second-order valence-electron chi connectivity index (χ2n) is 5.05. The summed E-state index contributed by atoms with van der Waals surface area (Å²) in [4.78, 5) is 0. The number of nitrogen functional groups attached to an aromatic ring is 1. The van der Waals surface area contributed by atoms with Gasteiger partial charge in [-0.15, -0.1) is 0 Å². The van der Waals surface area contributed by atoms with Gasteiger partial charge in [-0.3, -0.25) is 4.68 Å². The smallest absolute Gasteiger partial charge is 0.147 e. The SMILES string of the molecule is CCCc1nn(C)c(NCCCC(C)C)c1N. The zero-order valence-electron chi connectivity index (χ0n) is 11.6. The third-order valence-corrected chi connectivity index (χ3v) is 2.90. The summed E-state index contributed by atoms with van der Waals surface area (Å²) in [6.45, 7) is 7.60. The fraction of sp³-hybridized carbons (Fsp3) is 0.769. The van der Waals surface area contributed by atoms with Crippen molar-refractivity contribution in [2.75, 3.05) is 17.6 Å². The van der Waals surface area contributed by atoms with Crippen molar-refractivity contribution < 1.29 is 0 Å². The highest BCUT2D eigenvalue weighted by molar-refractivity contribution is 5.64. The van der Waals surface area contributed by atoms with Gasteiger partial charge in [0.2, 0.25) is 0 Å². The van der Waals surface area contributed by atoms with E-state index in [2.05, 4.69) is 31.2 Å². The second-order valence-corrected chi connectivity index (χ2v) is 5.05. The number of rotatable bonds is 7. The van der Waals surface area contributed by atoms with Gasteiger partial charge in [0.1, 0.15) is 5.82 Å². The Morgan fingerprint density at radius 2 is 2.12 bits per heavy atom. The number of nitrogens with two attached hydrogens (primary N) is 1. The maximum absolute atomic E-state index is 6.09. The first-order chi connectivity index (χ1) is 8.06. The Bertz CT molecular complexity index is 341. The molecule has 4 nitrogen and oxygen atoms in total. The molecule has 1 rings (SSSR count). The summed E-state index contributed by atoms with van der Waals surface area (Å²) in [6.07, 6.45) is 4.44. The third-order valence-electron chi connectivity index (χ3n) is 2.90. The Kier molecular flexibility index (Phi) is 5.32. The lowest BCUT2D eigenvalue weighted by molar-refractivity contribution is 0.566. The van der Waals surface area contributed by atoms with Gasteiger partial charge >= 0.3 is 0 Å². The molecule has 0 aromatic carbocycles. The van der Waals surface area contributed by atoms with Crippen LogP contribution in [0.25, 0.3) is 0 Å². The van der Waals surface area contributed by atoms with Crippen LogP contribution in [0.5, 0.6) is 0 Å². The van der Waals surface area contributed by atoms with Gasteiger partial charge in [-0.05, 0) is 25.2 Å². The van der Waals surface area contributed by atoms with E-state index < -0.39 is 0 Å². The molecule has 0 aliphatic heterocycles. The number of hydrogen-bond donors (Lipinski definition) is 2. The molecule has 98 valence electrons. The molecule has 1 aromatic heterocycles. The van der Waals surface area contributed by atoms with Crippen LogP contribution in [0.1, 0.15) is 45.7 Å². The third kappa shape index (κ3) is 3.95. The molecule has 1 heterocycles. The maximum atomic E-state index is 6.09. The largest absolute Gasteiger partial charge is 0.394 e. The van der Waals surface area contributed by atoms with Crippen molar-refractivity contribution in [2.45, 2.75) is 46.5 Å². The lowest BCUT2D eigenvalue weighted by atomic mass is 10.1. The maximum Gasteiger partial charge on any atom is 0.147 e. The van der Waals surface area contributed by atoms with Crippen LogP contribution in [-0.4, -0.2) is 16.3 Å². The Morgan fingerprint density at radius 1 is 1.41 bits per heavy atom. The quantitative estimate of drug-likeness (QED) is 0.718. The van der Waals surface area contributed by atoms with Gasteiger partial charge in [0, 0.05) is 13.6 Å². The van der Waals surface area contributed by atoms with Crippen LogP contribution in [0.4, 0.5) is 11.5 Å². The molecule has 0 unspecified atom stereocenters. The van der Waals surface area contributed by atoms with Crippen molar-refractivity contribution in [1.82, 2.24) is 9.78 Å². The topological polar surface area (TPSA) is 55.9 Å². The van der Waals surface area contributed by atoms with E-state index in [1.165, 1.54) is 12.8 Å². The van der Waals surface area contributed by atoms with Crippen LogP contribution in [0, 0.1) is 5.92 Å². The van der Waals surface area contributed by atoms with Gasteiger partial charge in [-0.25, -0.2) is 0 Å². The fourth-order valence-electron chi connectivity index (χ4n) is 1.94. The highest BCUT2D eigenvalue weighted by Crippen LogP contribution is 2.23. The zero-order valence-corrected chi connectivity index (χ0v) is 11.6. The minimum absolute atomic E-state index is 0.760. The molecule has 17 heavy (non-hydrogen) atoms. The average Bonchev–Trinajstić information content (AvgIpc) is 2.51. The zero-order chi connectivity index (χ0) is 12.8. The number of nitrogens with one attached hydrogen (secondary N) is 1.